The van der Waals surface area contributed by atoms with Gasteiger partial charge in [-0.1, -0.05) is 13.8 Å². The molecule has 0 saturated carbocycles. The Morgan fingerprint density at radius 3 is 2.95 bits per heavy atom. The summed E-state index contributed by atoms with van der Waals surface area (Å²) < 4.78 is 1.93. The van der Waals surface area contributed by atoms with E-state index in [0.29, 0.717) is 18.2 Å². The molecule has 2 heterocycles. The smallest absolute Gasteiger partial charge is 0.252 e. The maximum absolute atomic E-state index is 11.5. The Kier molecular flexibility index (Phi) is 3.94. The molecule has 7 nitrogen and oxygen atoms in total. The van der Waals surface area contributed by atoms with Gasteiger partial charge in [-0.15, -0.1) is 10.2 Å². The van der Waals surface area contributed by atoms with Gasteiger partial charge in [0.05, 0.1) is 6.54 Å². The van der Waals surface area contributed by atoms with Crippen LogP contribution in [0.25, 0.3) is 0 Å². The maximum atomic E-state index is 11.5. The van der Waals surface area contributed by atoms with E-state index in [4.69, 9.17) is 0 Å². The van der Waals surface area contributed by atoms with Gasteiger partial charge in [0.1, 0.15) is 18.0 Å². The lowest BCUT2D eigenvalue weighted by molar-refractivity contribution is 0.705. The summed E-state index contributed by atoms with van der Waals surface area (Å²) >= 11 is 0. The van der Waals surface area contributed by atoms with Gasteiger partial charge in [-0.3, -0.25) is 4.79 Å². The standard InChI is InChI=1S/C12H18N6O/c1-4-18-7-14-17-10(18)6-13-9-5-11(19)16-12(15-9)8(2)3/h5,7-8H,4,6H2,1-3H3,(H2,13,15,16,19). The van der Waals surface area contributed by atoms with E-state index in [1.165, 1.54) is 6.07 Å². The molecule has 0 radical (unpaired) electrons. The molecule has 0 spiro atoms. The van der Waals surface area contributed by atoms with Gasteiger partial charge in [0, 0.05) is 18.5 Å². The number of aromatic nitrogens is 5. The zero-order chi connectivity index (χ0) is 13.8. The third kappa shape index (κ3) is 3.18. The van der Waals surface area contributed by atoms with Crippen molar-refractivity contribution in [2.24, 2.45) is 0 Å². The third-order valence-electron chi connectivity index (χ3n) is 2.77. The van der Waals surface area contributed by atoms with Crippen LogP contribution in [0.2, 0.25) is 0 Å². The summed E-state index contributed by atoms with van der Waals surface area (Å²) in [5.74, 6) is 2.22. The maximum Gasteiger partial charge on any atom is 0.252 e. The summed E-state index contributed by atoms with van der Waals surface area (Å²) in [4.78, 5) is 18.6. The Balaban J connectivity index is 2.13. The highest BCUT2D eigenvalue weighted by atomic mass is 16.1. The molecule has 0 saturated heterocycles. The molecule has 2 aromatic heterocycles. The van der Waals surface area contributed by atoms with Crippen molar-refractivity contribution in [1.29, 1.82) is 0 Å². The van der Waals surface area contributed by atoms with Crippen LogP contribution in [0.4, 0.5) is 5.82 Å². The number of aryl methyl sites for hydroxylation is 1. The first-order valence-corrected chi connectivity index (χ1v) is 6.32. The van der Waals surface area contributed by atoms with Crippen molar-refractivity contribution in [2.75, 3.05) is 5.32 Å². The average molecular weight is 262 g/mol. The van der Waals surface area contributed by atoms with Crippen LogP contribution in [0.15, 0.2) is 17.2 Å². The molecule has 19 heavy (non-hydrogen) atoms. The van der Waals surface area contributed by atoms with E-state index in [0.717, 1.165) is 12.4 Å². The zero-order valence-electron chi connectivity index (χ0n) is 11.3. The largest absolute Gasteiger partial charge is 0.363 e. The summed E-state index contributed by atoms with van der Waals surface area (Å²) in [5.41, 5.74) is -0.154. The second-order valence-electron chi connectivity index (χ2n) is 4.56. The van der Waals surface area contributed by atoms with Crippen LogP contribution < -0.4 is 10.9 Å². The molecular weight excluding hydrogens is 244 g/mol. The highest BCUT2D eigenvalue weighted by molar-refractivity contribution is 5.33. The number of anilines is 1. The van der Waals surface area contributed by atoms with Crippen molar-refractivity contribution < 1.29 is 0 Å². The van der Waals surface area contributed by atoms with E-state index in [9.17, 15) is 4.79 Å². The van der Waals surface area contributed by atoms with Crippen LogP contribution in [0.5, 0.6) is 0 Å². The van der Waals surface area contributed by atoms with Crippen molar-refractivity contribution in [3.8, 4) is 0 Å². The summed E-state index contributed by atoms with van der Waals surface area (Å²) in [5, 5.41) is 11.0. The van der Waals surface area contributed by atoms with Gasteiger partial charge in [0.2, 0.25) is 0 Å². The van der Waals surface area contributed by atoms with Gasteiger partial charge < -0.3 is 14.9 Å². The number of aromatic amines is 1. The Labute approximate surface area is 111 Å². The highest BCUT2D eigenvalue weighted by Gasteiger charge is 2.07. The second kappa shape index (κ2) is 5.64. The fraction of sp³-hybridized carbons (Fsp3) is 0.500. The van der Waals surface area contributed by atoms with Crippen molar-refractivity contribution >= 4 is 5.82 Å². The van der Waals surface area contributed by atoms with Crippen LogP contribution >= 0.6 is 0 Å². The average Bonchev–Trinajstić information content (AvgIpc) is 2.83. The SMILES string of the molecule is CCn1cnnc1CNc1cc(=O)[nH]c(C(C)C)n1. The monoisotopic (exact) mass is 262 g/mol. The minimum absolute atomic E-state index is 0.154. The van der Waals surface area contributed by atoms with Crippen LogP contribution in [0.3, 0.4) is 0 Å². The van der Waals surface area contributed by atoms with Crippen molar-refractivity contribution in [2.45, 2.75) is 39.8 Å². The third-order valence-corrected chi connectivity index (χ3v) is 2.77. The van der Waals surface area contributed by atoms with E-state index in [-0.39, 0.29) is 11.5 Å². The van der Waals surface area contributed by atoms with E-state index >= 15 is 0 Å². The minimum Gasteiger partial charge on any atom is -0.363 e. The second-order valence-corrected chi connectivity index (χ2v) is 4.56. The first-order chi connectivity index (χ1) is 9.10. The fourth-order valence-electron chi connectivity index (χ4n) is 1.69. The molecule has 102 valence electrons. The molecule has 7 heteroatoms. The molecule has 0 unspecified atom stereocenters. The van der Waals surface area contributed by atoms with Crippen LogP contribution in [0.1, 0.15) is 38.3 Å². The molecule has 0 bridgehead atoms. The summed E-state index contributed by atoms with van der Waals surface area (Å²) in [6.07, 6.45) is 1.68. The first-order valence-electron chi connectivity index (χ1n) is 6.32. The molecule has 0 atom stereocenters. The molecule has 2 rings (SSSR count). The van der Waals surface area contributed by atoms with Gasteiger partial charge in [-0.25, -0.2) is 4.98 Å². The van der Waals surface area contributed by atoms with Gasteiger partial charge in [-0.2, -0.15) is 0 Å². The Morgan fingerprint density at radius 2 is 2.26 bits per heavy atom. The van der Waals surface area contributed by atoms with Crippen LogP contribution in [-0.2, 0) is 13.1 Å². The highest BCUT2D eigenvalue weighted by Crippen LogP contribution is 2.09. The number of hydrogen-bond donors (Lipinski definition) is 2. The lowest BCUT2D eigenvalue weighted by Gasteiger charge is -2.09. The minimum atomic E-state index is -0.154. The Bertz CT molecular complexity index is 600. The topological polar surface area (TPSA) is 88.5 Å². The number of nitrogens with zero attached hydrogens (tertiary/aromatic N) is 4. The molecule has 0 aliphatic rings. The molecule has 0 aliphatic heterocycles. The molecule has 0 aliphatic carbocycles. The molecular formula is C12H18N6O. The van der Waals surface area contributed by atoms with E-state index in [2.05, 4.69) is 25.5 Å². The lowest BCUT2D eigenvalue weighted by atomic mass is 10.2. The molecule has 2 N–H and O–H groups in total. The van der Waals surface area contributed by atoms with Gasteiger partial charge in [0.15, 0.2) is 5.82 Å². The Hall–Kier alpha value is -2.18. The predicted molar refractivity (Wildman–Crippen MR) is 72.0 cm³/mol. The van der Waals surface area contributed by atoms with E-state index in [1.807, 2.05) is 25.3 Å². The van der Waals surface area contributed by atoms with Gasteiger partial charge in [0.25, 0.3) is 5.56 Å². The first kappa shape index (κ1) is 13.3. The number of rotatable bonds is 5. The summed E-state index contributed by atoms with van der Waals surface area (Å²) in [6.45, 7) is 7.28. The lowest BCUT2D eigenvalue weighted by Crippen LogP contribution is -2.15. The normalized spacial score (nSPS) is 10.9. The van der Waals surface area contributed by atoms with Crippen molar-refractivity contribution in [3.63, 3.8) is 0 Å². The van der Waals surface area contributed by atoms with Crippen molar-refractivity contribution in [3.05, 3.63) is 34.4 Å². The molecule has 0 aromatic carbocycles. The van der Waals surface area contributed by atoms with E-state index in [1.54, 1.807) is 6.33 Å². The van der Waals surface area contributed by atoms with Crippen LogP contribution in [0, 0.1) is 0 Å². The molecule has 2 aromatic rings. The Morgan fingerprint density at radius 1 is 1.47 bits per heavy atom. The summed E-state index contributed by atoms with van der Waals surface area (Å²) in [7, 11) is 0. The molecule has 0 fully saturated rings. The van der Waals surface area contributed by atoms with Gasteiger partial charge in [-0.05, 0) is 6.92 Å². The van der Waals surface area contributed by atoms with E-state index < -0.39 is 0 Å². The molecule has 0 amide bonds. The number of nitrogens with one attached hydrogen (secondary N) is 2. The summed E-state index contributed by atoms with van der Waals surface area (Å²) in [6, 6.07) is 1.44. The quantitative estimate of drug-likeness (QED) is 0.842. The zero-order valence-corrected chi connectivity index (χ0v) is 11.3. The van der Waals surface area contributed by atoms with Crippen molar-refractivity contribution in [1.82, 2.24) is 24.7 Å². The number of hydrogen-bond acceptors (Lipinski definition) is 5. The number of H-pyrrole nitrogens is 1. The fourth-order valence-corrected chi connectivity index (χ4v) is 1.69. The van der Waals surface area contributed by atoms with Crippen LogP contribution in [-0.4, -0.2) is 24.7 Å². The predicted octanol–water partition coefficient (Wildman–Crippen LogP) is 1.12. The van der Waals surface area contributed by atoms with Gasteiger partial charge >= 0.3 is 0 Å².